The summed E-state index contributed by atoms with van der Waals surface area (Å²) in [7, 11) is 0. The smallest absolute Gasteiger partial charge is 0.408 e. The summed E-state index contributed by atoms with van der Waals surface area (Å²) in [5.74, 6) is -0.429. The van der Waals surface area contributed by atoms with Gasteiger partial charge < -0.3 is 19.9 Å². The molecule has 0 aliphatic heterocycles. The Hall–Kier alpha value is -2.24. The molecule has 0 saturated heterocycles. The van der Waals surface area contributed by atoms with Crippen LogP contribution in [0.1, 0.15) is 39.7 Å². The number of hydrogen-bond donors (Lipinski definition) is 2. The Morgan fingerprint density at radius 3 is 2.57 bits per heavy atom. The van der Waals surface area contributed by atoms with E-state index >= 15 is 0 Å². The minimum atomic E-state index is -1.12. The van der Waals surface area contributed by atoms with Crippen molar-refractivity contribution in [1.82, 2.24) is 5.32 Å². The molecule has 0 heterocycles. The maximum Gasteiger partial charge on any atom is 0.408 e. The van der Waals surface area contributed by atoms with Gasteiger partial charge in [0.2, 0.25) is 0 Å². The highest BCUT2D eigenvalue weighted by Crippen LogP contribution is 2.15. The Morgan fingerprint density at radius 2 is 2.00 bits per heavy atom. The van der Waals surface area contributed by atoms with Crippen molar-refractivity contribution >= 4 is 12.1 Å². The van der Waals surface area contributed by atoms with Gasteiger partial charge in [-0.2, -0.15) is 0 Å². The van der Waals surface area contributed by atoms with E-state index in [0.29, 0.717) is 12.4 Å². The van der Waals surface area contributed by atoms with Crippen LogP contribution in [0.2, 0.25) is 0 Å². The van der Waals surface area contributed by atoms with E-state index in [-0.39, 0.29) is 6.42 Å². The molecule has 6 nitrogen and oxygen atoms in total. The minimum Gasteiger partial charge on any atom is -0.494 e. The van der Waals surface area contributed by atoms with E-state index in [2.05, 4.69) is 5.32 Å². The third-order valence-electron chi connectivity index (χ3n) is 2.80. The van der Waals surface area contributed by atoms with Crippen molar-refractivity contribution < 1.29 is 24.2 Å². The monoisotopic (exact) mass is 323 g/mol. The molecule has 0 saturated carbocycles. The van der Waals surface area contributed by atoms with Crippen LogP contribution in [-0.4, -0.2) is 35.4 Å². The van der Waals surface area contributed by atoms with E-state index < -0.39 is 23.7 Å². The first-order valence-electron chi connectivity index (χ1n) is 7.65. The molecule has 0 aliphatic carbocycles. The van der Waals surface area contributed by atoms with E-state index in [1.807, 2.05) is 13.0 Å². The van der Waals surface area contributed by atoms with E-state index in [0.717, 1.165) is 12.0 Å². The second-order valence-electron chi connectivity index (χ2n) is 6.24. The molecular weight excluding hydrogens is 298 g/mol. The van der Waals surface area contributed by atoms with E-state index in [1.165, 1.54) is 0 Å². The fourth-order valence-corrected chi connectivity index (χ4v) is 1.87. The van der Waals surface area contributed by atoms with Crippen LogP contribution >= 0.6 is 0 Å². The zero-order valence-corrected chi connectivity index (χ0v) is 14.1. The number of carbonyl (C=O) groups is 2. The largest absolute Gasteiger partial charge is 0.494 e. The highest BCUT2D eigenvalue weighted by Gasteiger charge is 2.24. The molecule has 0 radical (unpaired) electrons. The van der Waals surface area contributed by atoms with E-state index in [4.69, 9.17) is 9.47 Å². The molecule has 1 aromatic rings. The summed E-state index contributed by atoms with van der Waals surface area (Å²) in [6.07, 6.45) is 0.295. The number of amides is 1. The van der Waals surface area contributed by atoms with E-state index in [9.17, 15) is 14.7 Å². The second kappa shape index (κ2) is 8.41. The molecule has 128 valence electrons. The van der Waals surface area contributed by atoms with Crippen molar-refractivity contribution in [2.24, 2.45) is 0 Å². The lowest BCUT2D eigenvalue weighted by Crippen LogP contribution is -2.44. The lowest BCUT2D eigenvalue weighted by molar-refractivity contribution is -0.139. The summed E-state index contributed by atoms with van der Waals surface area (Å²) in [6.45, 7) is 7.77. The molecule has 0 aromatic heterocycles. The first-order valence-corrected chi connectivity index (χ1v) is 7.65. The third kappa shape index (κ3) is 7.54. The van der Waals surface area contributed by atoms with Gasteiger partial charge in [-0.05, 0) is 44.9 Å². The van der Waals surface area contributed by atoms with Crippen LogP contribution < -0.4 is 10.1 Å². The predicted molar refractivity (Wildman–Crippen MR) is 86.7 cm³/mol. The standard InChI is InChI=1S/C17H25NO5/c1-5-9-22-13-8-6-7-12(10-13)11-14(15(19)20)18-16(21)23-17(2,3)4/h6-8,10,14H,5,9,11H2,1-4H3,(H,18,21)(H,19,20). The van der Waals surface area contributed by atoms with Gasteiger partial charge >= 0.3 is 12.1 Å². The second-order valence-corrected chi connectivity index (χ2v) is 6.24. The van der Waals surface area contributed by atoms with Gasteiger partial charge in [0, 0.05) is 6.42 Å². The van der Waals surface area contributed by atoms with Gasteiger partial charge in [-0.1, -0.05) is 19.1 Å². The van der Waals surface area contributed by atoms with Gasteiger partial charge in [0.05, 0.1) is 6.61 Å². The van der Waals surface area contributed by atoms with E-state index in [1.54, 1.807) is 39.0 Å². The van der Waals surface area contributed by atoms with Gasteiger partial charge in [0.1, 0.15) is 17.4 Å². The first-order chi connectivity index (χ1) is 10.7. The lowest BCUT2D eigenvalue weighted by Gasteiger charge is -2.22. The number of aliphatic carboxylic acids is 1. The molecule has 1 unspecified atom stereocenters. The molecule has 1 atom stereocenters. The summed E-state index contributed by atoms with van der Waals surface area (Å²) < 4.78 is 10.6. The number of carbonyl (C=O) groups excluding carboxylic acids is 1. The number of benzene rings is 1. The van der Waals surface area contributed by atoms with Crippen LogP contribution in [0.3, 0.4) is 0 Å². The highest BCUT2D eigenvalue weighted by molar-refractivity contribution is 5.80. The zero-order chi connectivity index (χ0) is 17.5. The maximum atomic E-state index is 11.8. The molecule has 0 spiro atoms. The fraction of sp³-hybridized carbons (Fsp3) is 0.529. The fourth-order valence-electron chi connectivity index (χ4n) is 1.87. The van der Waals surface area contributed by atoms with Gasteiger partial charge in [0.25, 0.3) is 0 Å². The molecule has 1 aromatic carbocycles. The van der Waals surface area contributed by atoms with Gasteiger partial charge in [0.15, 0.2) is 0 Å². The van der Waals surface area contributed by atoms with Crippen LogP contribution in [0.5, 0.6) is 5.75 Å². The van der Waals surface area contributed by atoms with Crippen molar-refractivity contribution in [3.05, 3.63) is 29.8 Å². The van der Waals surface area contributed by atoms with Crippen LogP contribution in [0.15, 0.2) is 24.3 Å². The topological polar surface area (TPSA) is 84.9 Å². The molecule has 2 N–H and O–H groups in total. The molecule has 1 rings (SSSR count). The van der Waals surface area contributed by atoms with Crippen molar-refractivity contribution in [2.45, 2.75) is 52.2 Å². The Kier molecular flexibility index (Phi) is 6.88. The zero-order valence-electron chi connectivity index (χ0n) is 14.1. The summed E-state index contributed by atoms with van der Waals surface area (Å²) >= 11 is 0. The van der Waals surface area contributed by atoms with Gasteiger partial charge in [-0.3, -0.25) is 0 Å². The number of carboxylic acids is 1. The molecule has 1 amide bonds. The molecular formula is C17H25NO5. The Morgan fingerprint density at radius 1 is 1.30 bits per heavy atom. The number of alkyl carbamates (subject to hydrolysis) is 1. The van der Waals surface area contributed by atoms with Crippen molar-refractivity contribution in [1.29, 1.82) is 0 Å². The maximum absolute atomic E-state index is 11.8. The number of hydrogen-bond acceptors (Lipinski definition) is 4. The summed E-state index contributed by atoms with van der Waals surface area (Å²) in [4.78, 5) is 23.1. The molecule has 23 heavy (non-hydrogen) atoms. The van der Waals surface area contributed by atoms with Gasteiger partial charge in [-0.25, -0.2) is 9.59 Å². The van der Waals surface area contributed by atoms with Crippen molar-refractivity contribution in [3.63, 3.8) is 0 Å². The third-order valence-corrected chi connectivity index (χ3v) is 2.80. The summed E-state index contributed by atoms with van der Waals surface area (Å²) in [5, 5.41) is 11.7. The molecule has 0 bridgehead atoms. The Balaban J connectivity index is 2.72. The lowest BCUT2D eigenvalue weighted by atomic mass is 10.1. The molecule has 0 aliphatic rings. The van der Waals surface area contributed by atoms with Crippen molar-refractivity contribution in [2.75, 3.05) is 6.61 Å². The number of rotatable bonds is 7. The predicted octanol–water partition coefficient (Wildman–Crippen LogP) is 3.00. The van der Waals surface area contributed by atoms with Crippen molar-refractivity contribution in [3.8, 4) is 5.75 Å². The normalized spacial score (nSPS) is 12.3. The van der Waals surface area contributed by atoms with Crippen LogP contribution in [-0.2, 0) is 16.0 Å². The van der Waals surface area contributed by atoms with Crippen LogP contribution in [0, 0.1) is 0 Å². The quantitative estimate of drug-likeness (QED) is 0.806. The van der Waals surface area contributed by atoms with Crippen LogP contribution in [0.4, 0.5) is 4.79 Å². The Labute approximate surface area is 136 Å². The number of ether oxygens (including phenoxy) is 2. The molecule has 6 heteroatoms. The minimum absolute atomic E-state index is 0.151. The number of carboxylic acid groups (broad SMARTS) is 1. The number of nitrogens with one attached hydrogen (secondary N) is 1. The summed E-state index contributed by atoms with van der Waals surface area (Å²) in [6, 6.07) is 6.13. The molecule has 0 fully saturated rings. The average molecular weight is 323 g/mol. The average Bonchev–Trinajstić information content (AvgIpc) is 2.42. The first kappa shape index (κ1) is 18.8. The SMILES string of the molecule is CCCOc1cccc(CC(NC(=O)OC(C)(C)C)C(=O)O)c1. The highest BCUT2D eigenvalue weighted by atomic mass is 16.6. The Bertz CT molecular complexity index is 536. The van der Waals surface area contributed by atoms with Gasteiger partial charge in [-0.15, -0.1) is 0 Å². The van der Waals surface area contributed by atoms with Crippen LogP contribution in [0.25, 0.3) is 0 Å². The summed E-state index contributed by atoms with van der Waals surface area (Å²) in [5.41, 5.74) is 0.0863.